The molecule has 1 fully saturated rings. The topological polar surface area (TPSA) is 46.0 Å². The molecule has 2 rings (SSSR count). The Morgan fingerprint density at radius 2 is 2.06 bits per heavy atom. The highest BCUT2D eigenvalue weighted by Crippen LogP contribution is 2.14. The molecule has 0 amide bonds. The van der Waals surface area contributed by atoms with E-state index in [1.165, 1.54) is 6.42 Å². The molecule has 1 aromatic rings. The lowest BCUT2D eigenvalue weighted by Gasteiger charge is -2.20. The fourth-order valence-electron chi connectivity index (χ4n) is 2.22. The summed E-state index contributed by atoms with van der Waals surface area (Å²) in [5.74, 6) is 2.73. The van der Waals surface area contributed by atoms with Crippen LogP contribution in [0, 0.1) is 5.92 Å². The maximum absolute atomic E-state index is 4.35. The van der Waals surface area contributed by atoms with Gasteiger partial charge < -0.3 is 14.8 Å². The molecule has 1 aliphatic heterocycles. The predicted molar refractivity (Wildman–Crippen MR) is 69.2 cm³/mol. The molecule has 1 aliphatic rings. The minimum absolute atomic E-state index is 0.622. The molecule has 5 heteroatoms. The van der Waals surface area contributed by atoms with Crippen LogP contribution in [0.5, 0.6) is 0 Å². The van der Waals surface area contributed by atoms with Gasteiger partial charge in [0.25, 0.3) is 0 Å². The third-order valence-corrected chi connectivity index (χ3v) is 3.16. The number of aromatic nitrogens is 3. The van der Waals surface area contributed by atoms with Crippen molar-refractivity contribution in [3.63, 3.8) is 0 Å². The minimum atomic E-state index is 0.622. The molecule has 0 aromatic carbocycles. The fraction of sp³-hybridized carbons (Fsp3) is 0.833. The van der Waals surface area contributed by atoms with Gasteiger partial charge in [-0.15, -0.1) is 10.2 Å². The van der Waals surface area contributed by atoms with Crippen LogP contribution in [0.15, 0.2) is 0 Å². The Kier molecular flexibility index (Phi) is 3.99. The molecule has 2 heterocycles. The molecule has 0 bridgehead atoms. The maximum atomic E-state index is 4.35. The molecule has 1 saturated heterocycles. The van der Waals surface area contributed by atoms with Crippen LogP contribution in [-0.2, 0) is 13.5 Å². The van der Waals surface area contributed by atoms with Gasteiger partial charge in [-0.3, -0.25) is 0 Å². The fourth-order valence-corrected chi connectivity index (χ4v) is 2.22. The van der Waals surface area contributed by atoms with Crippen molar-refractivity contribution < 1.29 is 0 Å². The van der Waals surface area contributed by atoms with Gasteiger partial charge in [0.05, 0.1) is 0 Å². The van der Waals surface area contributed by atoms with E-state index in [1.54, 1.807) is 0 Å². The number of rotatable bonds is 3. The zero-order valence-corrected chi connectivity index (χ0v) is 11.1. The first kappa shape index (κ1) is 12.4. The first-order valence-corrected chi connectivity index (χ1v) is 6.52. The predicted octanol–water partition coefficient (Wildman–Crippen LogP) is 0.813. The number of hydrogen-bond acceptors (Lipinski definition) is 4. The SMILES string of the molecule is CC(C)Cc1nnc(N2CCCNCC2)n1C. The van der Waals surface area contributed by atoms with Crippen molar-refractivity contribution in [1.82, 2.24) is 20.1 Å². The van der Waals surface area contributed by atoms with E-state index in [-0.39, 0.29) is 0 Å². The van der Waals surface area contributed by atoms with Gasteiger partial charge >= 0.3 is 0 Å². The van der Waals surface area contributed by atoms with Crippen LogP contribution >= 0.6 is 0 Å². The lowest BCUT2D eigenvalue weighted by atomic mass is 10.1. The standard InChI is InChI=1S/C12H23N5/c1-10(2)9-11-14-15-12(16(11)3)17-7-4-5-13-6-8-17/h10,13H,4-9H2,1-3H3. The summed E-state index contributed by atoms with van der Waals surface area (Å²) >= 11 is 0. The quantitative estimate of drug-likeness (QED) is 0.845. The normalized spacial score (nSPS) is 17.5. The van der Waals surface area contributed by atoms with Crippen LogP contribution in [0.3, 0.4) is 0 Å². The first-order valence-electron chi connectivity index (χ1n) is 6.52. The van der Waals surface area contributed by atoms with E-state index in [0.717, 1.165) is 44.4 Å². The minimum Gasteiger partial charge on any atom is -0.340 e. The second-order valence-corrected chi connectivity index (χ2v) is 5.16. The summed E-state index contributed by atoms with van der Waals surface area (Å²) in [4.78, 5) is 2.33. The van der Waals surface area contributed by atoms with Crippen molar-refractivity contribution in [1.29, 1.82) is 0 Å². The third kappa shape index (κ3) is 2.97. The Labute approximate surface area is 103 Å². The Hall–Kier alpha value is -1.10. The van der Waals surface area contributed by atoms with E-state index in [9.17, 15) is 0 Å². The van der Waals surface area contributed by atoms with Crippen LogP contribution < -0.4 is 10.2 Å². The second kappa shape index (κ2) is 5.49. The van der Waals surface area contributed by atoms with Gasteiger partial charge in [-0.1, -0.05) is 13.8 Å². The van der Waals surface area contributed by atoms with E-state index in [0.29, 0.717) is 5.92 Å². The maximum Gasteiger partial charge on any atom is 0.227 e. The van der Waals surface area contributed by atoms with Gasteiger partial charge in [0, 0.05) is 33.1 Å². The monoisotopic (exact) mass is 237 g/mol. The molecule has 5 nitrogen and oxygen atoms in total. The summed E-state index contributed by atoms with van der Waals surface area (Å²) in [5, 5.41) is 12.1. The van der Waals surface area contributed by atoms with Crippen molar-refractivity contribution in [2.75, 3.05) is 31.1 Å². The molecular formula is C12H23N5. The van der Waals surface area contributed by atoms with E-state index in [2.05, 4.69) is 45.9 Å². The first-order chi connectivity index (χ1) is 8.18. The Morgan fingerprint density at radius 1 is 1.24 bits per heavy atom. The summed E-state index contributed by atoms with van der Waals surface area (Å²) < 4.78 is 2.14. The largest absolute Gasteiger partial charge is 0.340 e. The third-order valence-electron chi connectivity index (χ3n) is 3.16. The van der Waals surface area contributed by atoms with Gasteiger partial charge in [-0.05, 0) is 18.9 Å². The van der Waals surface area contributed by atoms with Gasteiger partial charge in [0.15, 0.2) is 0 Å². The van der Waals surface area contributed by atoms with Crippen LogP contribution in [0.2, 0.25) is 0 Å². The Balaban J connectivity index is 2.12. The number of anilines is 1. The molecule has 96 valence electrons. The smallest absolute Gasteiger partial charge is 0.227 e. The molecule has 0 spiro atoms. The van der Waals surface area contributed by atoms with Gasteiger partial charge in [-0.25, -0.2) is 0 Å². The van der Waals surface area contributed by atoms with Crippen molar-refractivity contribution in [2.45, 2.75) is 26.7 Å². The molecule has 0 atom stereocenters. The van der Waals surface area contributed by atoms with Crippen LogP contribution in [0.4, 0.5) is 5.95 Å². The average molecular weight is 237 g/mol. The van der Waals surface area contributed by atoms with E-state index in [4.69, 9.17) is 0 Å². The zero-order chi connectivity index (χ0) is 12.3. The Morgan fingerprint density at radius 3 is 2.82 bits per heavy atom. The molecule has 0 saturated carbocycles. The average Bonchev–Trinajstić information content (AvgIpc) is 2.55. The Bertz CT molecular complexity index is 350. The van der Waals surface area contributed by atoms with Crippen molar-refractivity contribution in [2.24, 2.45) is 13.0 Å². The van der Waals surface area contributed by atoms with Crippen molar-refractivity contribution >= 4 is 5.95 Å². The van der Waals surface area contributed by atoms with E-state index >= 15 is 0 Å². The number of hydrogen-bond donors (Lipinski definition) is 1. The van der Waals surface area contributed by atoms with Crippen LogP contribution in [-0.4, -0.2) is 40.9 Å². The molecule has 17 heavy (non-hydrogen) atoms. The van der Waals surface area contributed by atoms with E-state index in [1.807, 2.05) is 0 Å². The van der Waals surface area contributed by atoms with Crippen molar-refractivity contribution in [3.8, 4) is 0 Å². The summed E-state index contributed by atoms with van der Waals surface area (Å²) in [5.41, 5.74) is 0. The summed E-state index contributed by atoms with van der Waals surface area (Å²) in [6.07, 6.45) is 2.17. The van der Waals surface area contributed by atoms with Gasteiger partial charge in [0.2, 0.25) is 5.95 Å². The zero-order valence-electron chi connectivity index (χ0n) is 11.1. The van der Waals surface area contributed by atoms with E-state index < -0.39 is 0 Å². The lowest BCUT2D eigenvalue weighted by molar-refractivity contribution is 0.599. The number of nitrogens with one attached hydrogen (secondary N) is 1. The summed E-state index contributed by atoms with van der Waals surface area (Å²) in [6.45, 7) is 8.66. The van der Waals surface area contributed by atoms with Crippen LogP contribution in [0.25, 0.3) is 0 Å². The summed E-state index contributed by atoms with van der Waals surface area (Å²) in [6, 6.07) is 0. The van der Waals surface area contributed by atoms with Gasteiger partial charge in [-0.2, -0.15) is 0 Å². The lowest BCUT2D eigenvalue weighted by Crippen LogP contribution is -2.30. The molecule has 0 unspecified atom stereocenters. The number of nitrogens with zero attached hydrogens (tertiary/aromatic N) is 4. The highest BCUT2D eigenvalue weighted by Gasteiger charge is 2.17. The molecule has 1 aromatic heterocycles. The van der Waals surface area contributed by atoms with Gasteiger partial charge in [0.1, 0.15) is 5.82 Å². The van der Waals surface area contributed by atoms with Crippen molar-refractivity contribution in [3.05, 3.63) is 5.82 Å². The highest BCUT2D eigenvalue weighted by molar-refractivity contribution is 5.31. The molecule has 0 radical (unpaired) electrons. The highest BCUT2D eigenvalue weighted by atomic mass is 15.4. The summed E-state index contributed by atoms with van der Waals surface area (Å²) in [7, 11) is 2.07. The molecule has 0 aliphatic carbocycles. The van der Waals surface area contributed by atoms with Crippen LogP contribution in [0.1, 0.15) is 26.1 Å². The molecule has 1 N–H and O–H groups in total. The molecular weight excluding hydrogens is 214 g/mol. The second-order valence-electron chi connectivity index (χ2n) is 5.16.